The van der Waals surface area contributed by atoms with Gasteiger partial charge in [0.2, 0.25) is 15.9 Å². The van der Waals surface area contributed by atoms with Crippen LogP contribution in [0, 0.1) is 6.92 Å². The van der Waals surface area contributed by atoms with Crippen LogP contribution in [0.15, 0.2) is 87.6 Å². The summed E-state index contributed by atoms with van der Waals surface area (Å²) in [7, 11) is -2.33. The van der Waals surface area contributed by atoms with Crippen molar-refractivity contribution in [1.82, 2.24) is 14.3 Å². The average Bonchev–Trinajstić information content (AvgIpc) is 2.84. The maximum absolute atomic E-state index is 13.2. The van der Waals surface area contributed by atoms with Gasteiger partial charge in [-0.05, 0) is 55.9 Å². The monoisotopic (exact) mass is 494 g/mol. The van der Waals surface area contributed by atoms with Crippen LogP contribution in [0.4, 0.5) is 5.69 Å². The number of sulfonamides is 1. The Balaban J connectivity index is 1.61. The fraction of sp³-hybridized carbons (Fsp3) is 0.125. The lowest BCUT2D eigenvalue weighted by Gasteiger charge is -2.13. The van der Waals surface area contributed by atoms with E-state index in [4.69, 9.17) is 0 Å². The normalized spacial score (nSPS) is 11.5. The number of para-hydroxylation sites is 2. The number of hydrogen-bond donors (Lipinski definition) is 2. The Morgan fingerprint density at radius 3 is 2.47 bits per heavy atom. The summed E-state index contributed by atoms with van der Waals surface area (Å²) in [5.41, 5.74) is 1.89. The first-order chi connectivity index (χ1) is 16.3. The molecule has 1 aromatic heterocycles. The highest BCUT2D eigenvalue weighted by Gasteiger charge is 2.17. The number of amides is 1. The van der Waals surface area contributed by atoms with Crippen LogP contribution in [0.5, 0.6) is 0 Å². The fourth-order valence-electron chi connectivity index (χ4n) is 3.42. The van der Waals surface area contributed by atoms with Gasteiger partial charge in [0.05, 0.1) is 27.2 Å². The molecule has 0 saturated heterocycles. The van der Waals surface area contributed by atoms with Gasteiger partial charge in [-0.3, -0.25) is 14.2 Å². The lowest BCUT2D eigenvalue weighted by atomic mass is 10.2. The number of nitrogens with zero attached hydrogens (tertiary/aromatic N) is 2. The van der Waals surface area contributed by atoms with Gasteiger partial charge < -0.3 is 5.32 Å². The lowest BCUT2D eigenvalue weighted by Crippen LogP contribution is -2.23. The van der Waals surface area contributed by atoms with Crippen LogP contribution in [-0.2, 0) is 14.8 Å². The molecule has 1 amide bonds. The van der Waals surface area contributed by atoms with Crippen LogP contribution in [0.2, 0.25) is 0 Å². The topological polar surface area (TPSA) is 110 Å². The van der Waals surface area contributed by atoms with Gasteiger partial charge in [0.1, 0.15) is 0 Å². The Morgan fingerprint density at radius 2 is 1.74 bits per heavy atom. The fourth-order valence-corrected chi connectivity index (χ4v) is 5.23. The Kier molecular flexibility index (Phi) is 6.82. The number of carbonyl (C=O) groups is 1. The van der Waals surface area contributed by atoms with Crippen molar-refractivity contribution in [3.05, 3.63) is 88.7 Å². The van der Waals surface area contributed by atoms with E-state index in [-0.39, 0.29) is 22.1 Å². The molecule has 0 aliphatic carbocycles. The highest BCUT2D eigenvalue weighted by molar-refractivity contribution is 7.99. The van der Waals surface area contributed by atoms with Gasteiger partial charge in [0, 0.05) is 5.69 Å². The van der Waals surface area contributed by atoms with Crippen LogP contribution in [0.3, 0.4) is 0 Å². The number of rotatable bonds is 7. The minimum absolute atomic E-state index is 0.0282. The summed E-state index contributed by atoms with van der Waals surface area (Å²) in [5, 5.41) is 3.59. The first-order valence-electron chi connectivity index (χ1n) is 10.3. The molecular formula is C24H22N4O4S2. The molecule has 174 valence electrons. The molecule has 34 heavy (non-hydrogen) atoms. The van der Waals surface area contributed by atoms with Crippen molar-refractivity contribution in [2.24, 2.45) is 0 Å². The largest absolute Gasteiger partial charge is 0.325 e. The molecule has 1 heterocycles. The van der Waals surface area contributed by atoms with Gasteiger partial charge >= 0.3 is 0 Å². The second kappa shape index (κ2) is 9.80. The molecule has 0 radical (unpaired) electrons. The van der Waals surface area contributed by atoms with Crippen molar-refractivity contribution in [1.29, 1.82) is 0 Å². The van der Waals surface area contributed by atoms with Crippen molar-refractivity contribution >= 4 is 44.3 Å². The Labute approximate surface area is 201 Å². The van der Waals surface area contributed by atoms with Crippen LogP contribution in [0.25, 0.3) is 16.6 Å². The first-order valence-corrected chi connectivity index (χ1v) is 12.8. The van der Waals surface area contributed by atoms with E-state index in [1.54, 1.807) is 55.5 Å². The van der Waals surface area contributed by atoms with Crippen LogP contribution in [0.1, 0.15) is 5.56 Å². The molecule has 4 aromatic rings. The predicted octanol–water partition coefficient (Wildman–Crippen LogP) is 3.33. The summed E-state index contributed by atoms with van der Waals surface area (Å²) in [6, 6.07) is 20.9. The number of anilines is 1. The second-order valence-corrected chi connectivity index (χ2v) is 10.2. The molecule has 0 fully saturated rings. The van der Waals surface area contributed by atoms with E-state index < -0.39 is 10.0 Å². The summed E-state index contributed by atoms with van der Waals surface area (Å²) in [6.07, 6.45) is 0. The third-order valence-electron chi connectivity index (χ3n) is 5.12. The lowest BCUT2D eigenvalue weighted by molar-refractivity contribution is -0.113. The van der Waals surface area contributed by atoms with Gasteiger partial charge in [-0.25, -0.2) is 18.1 Å². The number of benzene rings is 3. The number of fused-ring (bicyclic) bond motifs is 1. The Morgan fingerprint density at radius 1 is 1.03 bits per heavy atom. The number of nitrogens with one attached hydrogen (secondary N) is 2. The predicted molar refractivity (Wildman–Crippen MR) is 134 cm³/mol. The quantitative estimate of drug-likeness (QED) is 0.301. The van der Waals surface area contributed by atoms with E-state index in [0.29, 0.717) is 33.0 Å². The number of aromatic nitrogens is 2. The highest BCUT2D eigenvalue weighted by Crippen LogP contribution is 2.23. The summed E-state index contributed by atoms with van der Waals surface area (Å²) in [6.45, 7) is 1.68. The zero-order chi connectivity index (χ0) is 24.3. The van der Waals surface area contributed by atoms with Gasteiger partial charge in [-0.15, -0.1) is 0 Å². The maximum atomic E-state index is 13.2. The van der Waals surface area contributed by atoms with Crippen molar-refractivity contribution in [3.8, 4) is 5.69 Å². The minimum atomic E-state index is -3.66. The van der Waals surface area contributed by atoms with Crippen LogP contribution in [-0.4, -0.2) is 36.7 Å². The zero-order valence-electron chi connectivity index (χ0n) is 18.5. The highest BCUT2D eigenvalue weighted by atomic mass is 32.2. The maximum Gasteiger partial charge on any atom is 0.266 e. The van der Waals surface area contributed by atoms with E-state index in [9.17, 15) is 18.0 Å². The number of hydrogen-bond acceptors (Lipinski definition) is 6. The van der Waals surface area contributed by atoms with E-state index in [0.717, 1.165) is 11.8 Å². The van der Waals surface area contributed by atoms with Crippen molar-refractivity contribution in [2.75, 3.05) is 18.1 Å². The number of thioether (sulfide) groups is 1. The summed E-state index contributed by atoms with van der Waals surface area (Å²) in [4.78, 5) is 30.6. The van der Waals surface area contributed by atoms with Crippen molar-refractivity contribution in [3.63, 3.8) is 0 Å². The molecule has 4 rings (SSSR count). The molecule has 0 atom stereocenters. The van der Waals surface area contributed by atoms with Gasteiger partial charge in [0.15, 0.2) is 5.16 Å². The van der Waals surface area contributed by atoms with Crippen molar-refractivity contribution < 1.29 is 13.2 Å². The summed E-state index contributed by atoms with van der Waals surface area (Å²) < 4.78 is 28.2. The number of aryl methyl sites for hydroxylation is 1. The van der Waals surface area contributed by atoms with E-state index >= 15 is 0 Å². The van der Waals surface area contributed by atoms with Crippen LogP contribution < -0.4 is 15.6 Å². The molecule has 0 aliphatic heterocycles. The molecule has 2 N–H and O–H groups in total. The Bertz CT molecular complexity index is 1530. The molecular weight excluding hydrogens is 472 g/mol. The molecule has 10 heteroatoms. The van der Waals surface area contributed by atoms with Gasteiger partial charge in [-0.2, -0.15) is 0 Å². The summed E-state index contributed by atoms with van der Waals surface area (Å²) >= 11 is 1.12. The zero-order valence-corrected chi connectivity index (χ0v) is 20.1. The third kappa shape index (κ3) is 4.89. The molecule has 0 aliphatic rings. The standard InChI is InChI=1S/C24H22N4O4S2/c1-16-12-13-17(14-21(16)34(31,32)25-2)26-22(29)15-33-24-27-20-11-7-6-10-19(20)23(30)28(24)18-8-4-3-5-9-18/h3-14,25H,15H2,1-2H3,(H,26,29). The van der Waals surface area contributed by atoms with E-state index in [1.165, 1.54) is 17.7 Å². The molecule has 0 unspecified atom stereocenters. The molecule has 0 bridgehead atoms. The van der Waals surface area contributed by atoms with E-state index in [2.05, 4.69) is 15.0 Å². The molecule has 0 spiro atoms. The Hall–Kier alpha value is -3.47. The van der Waals surface area contributed by atoms with Gasteiger partial charge in [-0.1, -0.05) is 48.2 Å². The van der Waals surface area contributed by atoms with E-state index in [1.807, 2.05) is 18.2 Å². The third-order valence-corrected chi connectivity index (χ3v) is 7.62. The molecule has 8 nitrogen and oxygen atoms in total. The smallest absolute Gasteiger partial charge is 0.266 e. The van der Waals surface area contributed by atoms with Crippen LogP contribution >= 0.6 is 11.8 Å². The summed E-state index contributed by atoms with van der Waals surface area (Å²) in [5.74, 6) is -0.386. The van der Waals surface area contributed by atoms with Gasteiger partial charge in [0.25, 0.3) is 5.56 Å². The molecule has 0 saturated carbocycles. The second-order valence-electron chi connectivity index (χ2n) is 7.41. The first kappa shape index (κ1) is 23.7. The number of carbonyl (C=O) groups excluding carboxylic acids is 1. The SMILES string of the molecule is CNS(=O)(=O)c1cc(NC(=O)CSc2nc3ccccc3c(=O)n2-c2ccccc2)ccc1C. The molecule has 3 aromatic carbocycles. The minimum Gasteiger partial charge on any atom is -0.325 e. The average molecular weight is 495 g/mol. The van der Waals surface area contributed by atoms with Crippen molar-refractivity contribution in [2.45, 2.75) is 17.0 Å².